The molecule has 5 nitrogen and oxygen atoms in total. The highest BCUT2D eigenvalue weighted by atomic mass is 79.9. The fourth-order valence-corrected chi connectivity index (χ4v) is 5.85. The molecule has 0 amide bonds. The monoisotopic (exact) mass is 595 g/mol. The van der Waals surface area contributed by atoms with Gasteiger partial charge in [-0.1, -0.05) is 45.8 Å². The quantitative estimate of drug-likeness (QED) is 0.198. The first-order valence-corrected chi connectivity index (χ1v) is 13.9. The molecule has 1 fully saturated rings. The maximum atomic E-state index is 6.51. The Morgan fingerprint density at radius 2 is 1.59 bits per heavy atom. The Kier molecular flexibility index (Phi) is 6.94. The predicted octanol–water partition coefficient (Wildman–Crippen LogP) is 8.69. The fourth-order valence-electron chi connectivity index (χ4n) is 4.82. The predicted molar refractivity (Wildman–Crippen MR) is 162 cm³/mol. The van der Waals surface area contributed by atoms with E-state index in [2.05, 4.69) is 63.2 Å². The number of hydrogen-bond acceptors (Lipinski definition) is 4. The zero-order chi connectivity index (χ0) is 26.9. The van der Waals surface area contributed by atoms with Crippen LogP contribution in [-0.2, 0) is 0 Å². The summed E-state index contributed by atoms with van der Waals surface area (Å²) in [4.78, 5) is 6.73. The van der Waals surface area contributed by atoms with Crippen molar-refractivity contribution in [1.82, 2.24) is 10.3 Å². The molecule has 1 aliphatic heterocycles. The average molecular weight is 597 g/mol. The van der Waals surface area contributed by atoms with Crippen LogP contribution >= 0.6 is 28.1 Å². The number of hydrogen-bond donors (Lipinski definition) is 1. The molecule has 2 unspecified atom stereocenters. The number of aromatic nitrogens is 1. The summed E-state index contributed by atoms with van der Waals surface area (Å²) in [6, 6.07) is 31.7. The smallest absolute Gasteiger partial charge is 0.174 e. The Morgan fingerprint density at radius 1 is 0.872 bits per heavy atom. The van der Waals surface area contributed by atoms with Crippen molar-refractivity contribution in [1.29, 1.82) is 0 Å². The van der Waals surface area contributed by atoms with E-state index in [9.17, 15) is 0 Å². The van der Waals surface area contributed by atoms with Crippen LogP contribution in [0, 0.1) is 13.8 Å². The lowest BCUT2D eigenvalue weighted by Gasteiger charge is -2.26. The van der Waals surface area contributed by atoms with Crippen molar-refractivity contribution in [3.63, 3.8) is 0 Å². The van der Waals surface area contributed by atoms with Crippen molar-refractivity contribution < 1.29 is 9.15 Å². The molecule has 0 aliphatic carbocycles. The molecular weight excluding hydrogens is 570 g/mol. The number of nitrogens with one attached hydrogen (secondary N) is 1. The summed E-state index contributed by atoms with van der Waals surface area (Å²) < 4.78 is 13.6. The molecule has 1 saturated heterocycles. The summed E-state index contributed by atoms with van der Waals surface area (Å²) in [5.74, 6) is 3.13. The maximum Gasteiger partial charge on any atom is 0.174 e. The average Bonchev–Trinajstić information content (AvgIpc) is 3.55. The van der Waals surface area contributed by atoms with Gasteiger partial charge < -0.3 is 19.4 Å². The van der Waals surface area contributed by atoms with Gasteiger partial charge in [0.2, 0.25) is 0 Å². The molecule has 3 aromatic carbocycles. The first-order valence-electron chi connectivity index (χ1n) is 12.7. The van der Waals surface area contributed by atoms with Crippen LogP contribution in [0.2, 0.25) is 0 Å². The van der Waals surface area contributed by atoms with E-state index in [0.717, 1.165) is 44.4 Å². The molecule has 1 aliphatic rings. The van der Waals surface area contributed by atoms with Gasteiger partial charge in [0.15, 0.2) is 5.11 Å². The highest BCUT2D eigenvalue weighted by molar-refractivity contribution is 9.10. The van der Waals surface area contributed by atoms with Gasteiger partial charge >= 0.3 is 0 Å². The van der Waals surface area contributed by atoms with Crippen molar-refractivity contribution >= 4 is 38.9 Å². The lowest BCUT2D eigenvalue weighted by molar-refractivity contribution is 0.439. The summed E-state index contributed by atoms with van der Waals surface area (Å²) in [7, 11) is 0. The zero-order valence-corrected chi connectivity index (χ0v) is 23.9. The van der Waals surface area contributed by atoms with Gasteiger partial charge in [-0.2, -0.15) is 0 Å². The second-order valence-corrected chi connectivity index (χ2v) is 10.8. The number of thiocarbonyl (C=S) groups is 1. The van der Waals surface area contributed by atoms with Gasteiger partial charge in [-0.25, -0.2) is 0 Å². The molecule has 0 bridgehead atoms. The Labute approximate surface area is 241 Å². The standard InChI is InChI=1S/C32H26BrN3O2S/c1-20-6-11-23(12-7-20)37-24-13-9-22(10-14-24)36-31(30(35-32(36)39)27-5-3-4-18-34-27)29-17-16-28(38-29)25-15-8-21(2)19-26(25)33/h3-19,30-31H,1-2H3,(H,35,39). The van der Waals surface area contributed by atoms with E-state index in [0.29, 0.717) is 5.11 Å². The zero-order valence-electron chi connectivity index (χ0n) is 21.5. The van der Waals surface area contributed by atoms with Crippen molar-refractivity contribution in [2.24, 2.45) is 0 Å². The van der Waals surface area contributed by atoms with Crippen LogP contribution in [0.3, 0.4) is 0 Å². The number of pyridine rings is 1. The van der Waals surface area contributed by atoms with E-state index >= 15 is 0 Å². The Hall–Kier alpha value is -3.94. The minimum atomic E-state index is -0.241. The van der Waals surface area contributed by atoms with E-state index < -0.39 is 0 Å². The van der Waals surface area contributed by atoms with Crippen LogP contribution in [0.1, 0.15) is 34.7 Å². The molecule has 39 heavy (non-hydrogen) atoms. The second kappa shape index (κ2) is 10.7. The van der Waals surface area contributed by atoms with Crippen molar-refractivity contribution in [2.45, 2.75) is 25.9 Å². The lowest BCUT2D eigenvalue weighted by atomic mass is 10.0. The topological polar surface area (TPSA) is 50.5 Å². The molecule has 0 spiro atoms. The normalized spacial score (nSPS) is 16.8. The maximum absolute atomic E-state index is 6.51. The number of halogens is 1. The summed E-state index contributed by atoms with van der Waals surface area (Å²) in [6.07, 6.45) is 1.80. The molecule has 2 atom stereocenters. The Bertz CT molecular complexity index is 1620. The molecular formula is C32H26BrN3O2S. The highest BCUT2D eigenvalue weighted by Crippen LogP contribution is 2.44. The summed E-state index contributed by atoms with van der Waals surface area (Å²) >= 11 is 9.56. The Morgan fingerprint density at radius 3 is 2.28 bits per heavy atom. The van der Waals surface area contributed by atoms with Gasteiger partial charge in [0.05, 0.1) is 11.7 Å². The number of rotatable bonds is 6. The third kappa shape index (κ3) is 5.20. The van der Waals surface area contributed by atoms with Gasteiger partial charge in [0.25, 0.3) is 0 Å². The van der Waals surface area contributed by atoms with Gasteiger partial charge in [-0.3, -0.25) is 4.98 Å². The summed E-state index contributed by atoms with van der Waals surface area (Å²) in [5.41, 5.74) is 5.19. The van der Waals surface area contributed by atoms with E-state index in [4.69, 9.17) is 21.4 Å². The van der Waals surface area contributed by atoms with Crippen molar-refractivity contribution in [2.75, 3.05) is 4.90 Å². The number of aryl methyl sites for hydroxylation is 2. The molecule has 0 radical (unpaired) electrons. The SMILES string of the molecule is Cc1ccc(Oc2ccc(N3C(=S)NC(c4ccccn4)C3c3ccc(-c4ccc(C)cc4Br)o3)cc2)cc1. The van der Waals surface area contributed by atoms with Crippen LogP contribution < -0.4 is 15.0 Å². The van der Waals surface area contributed by atoms with Gasteiger partial charge in [-0.05, 0) is 104 Å². The first-order chi connectivity index (χ1) is 19.0. The highest BCUT2D eigenvalue weighted by Gasteiger charge is 2.42. The molecule has 3 heterocycles. The number of ether oxygens (including phenoxy) is 1. The Balaban J connectivity index is 1.35. The van der Waals surface area contributed by atoms with Gasteiger partial charge in [0, 0.05) is 21.9 Å². The van der Waals surface area contributed by atoms with Crippen molar-refractivity contribution in [3.05, 3.63) is 130 Å². The molecule has 5 aromatic rings. The summed E-state index contributed by atoms with van der Waals surface area (Å²) in [6.45, 7) is 4.13. The summed E-state index contributed by atoms with van der Waals surface area (Å²) in [5, 5.41) is 4.10. The number of benzene rings is 3. The molecule has 6 rings (SSSR count). The lowest BCUT2D eigenvalue weighted by Crippen LogP contribution is -2.29. The molecule has 1 N–H and O–H groups in total. The first kappa shape index (κ1) is 25.3. The van der Waals surface area contributed by atoms with Crippen LogP contribution in [0.5, 0.6) is 11.5 Å². The fraction of sp³-hybridized carbons (Fsp3) is 0.125. The number of nitrogens with zero attached hydrogens (tertiary/aromatic N) is 2. The molecule has 0 saturated carbocycles. The van der Waals surface area contributed by atoms with E-state index in [-0.39, 0.29) is 12.1 Å². The number of anilines is 1. The van der Waals surface area contributed by atoms with Gasteiger partial charge in [-0.15, -0.1) is 0 Å². The van der Waals surface area contributed by atoms with Crippen LogP contribution in [0.4, 0.5) is 5.69 Å². The molecule has 2 aromatic heterocycles. The minimum Gasteiger partial charge on any atom is -0.459 e. The minimum absolute atomic E-state index is 0.192. The third-order valence-corrected chi connectivity index (χ3v) is 7.75. The van der Waals surface area contributed by atoms with Gasteiger partial charge in [0.1, 0.15) is 29.1 Å². The largest absolute Gasteiger partial charge is 0.459 e. The van der Waals surface area contributed by atoms with E-state index in [1.165, 1.54) is 11.1 Å². The molecule has 7 heteroatoms. The van der Waals surface area contributed by atoms with Crippen LogP contribution in [0.25, 0.3) is 11.3 Å². The second-order valence-electron chi connectivity index (χ2n) is 9.59. The van der Waals surface area contributed by atoms with E-state index in [1.807, 2.05) is 78.9 Å². The molecule has 194 valence electrons. The van der Waals surface area contributed by atoms with Crippen LogP contribution in [0.15, 0.2) is 112 Å². The third-order valence-electron chi connectivity index (χ3n) is 6.78. The number of furan rings is 1. The van der Waals surface area contributed by atoms with E-state index in [1.54, 1.807) is 6.20 Å². The van der Waals surface area contributed by atoms with Crippen LogP contribution in [-0.4, -0.2) is 10.1 Å². The van der Waals surface area contributed by atoms with Crippen molar-refractivity contribution in [3.8, 4) is 22.8 Å².